The summed E-state index contributed by atoms with van der Waals surface area (Å²) in [5, 5.41) is 13.6. The minimum Gasteiger partial charge on any atom is -0.478 e. The highest BCUT2D eigenvalue weighted by molar-refractivity contribution is 5.88. The fourth-order valence-electron chi connectivity index (χ4n) is 1.29. The standard InChI is InChI=1S/C11H12F2N2O3/c1-6(16)14-4-5-15-8-3-2-7(11(17)18)9(12)10(8)13/h2-3,15H,4-5H2,1H3,(H,14,16)(H,17,18). The lowest BCUT2D eigenvalue weighted by atomic mass is 10.2. The van der Waals surface area contributed by atoms with Crippen LogP contribution in [0.4, 0.5) is 14.5 Å². The Morgan fingerprint density at radius 1 is 1.22 bits per heavy atom. The fraction of sp³-hybridized carbons (Fsp3) is 0.273. The lowest BCUT2D eigenvalue weighted by molar-refractivity contribution is -0.118. The molecule has 0 bridgehead atoms. The molecule has 0 radical (unpaired) electrons. The first-order chi connectivity index (χ1) is 8.43. The van der Waals surface area contributed by atoms with Crippen molar-refractivity contribution in [2.24, 2.45) is 0 Å². The molecule has 5 nitrogen and oxygen atoms in total. The van der Waals surface area contributed by atoms with Gasteiger partial charge in [-0.2, -0.15) is 0 Å². The molecule has 1 amide bonds. The number of anilines is 1. The summed E-state index contributed by atoms with van der Waals surface area (Å²) in [6, 6.07) is 2.11. The molecule has 7 heteroatoms. The zero-order valence-electron chi connectivity index (χ0n) is 9.59. The van der Waals surface area contributed by atoms with Crippen LogP contribution in [-0.2, 0) is 4.79 Å². The highest BCUT2D eigenvalue weighted by Gasteiger charge is 2.17. The Hall–Kier alpha value is -2.18. The van der Waals surface area contributed by atoms with Gasteiger partial charge in [0.05, 0.1) is 11.3 Å². The topological polar surface area (TPSA) is 78.4 Å². The number of carbonyl (C=O) groups is 2. The third-order valence-electron chi connectivity index (χ3n) is 2.13. The van der Waals surface area contributed by atoms with Crippen LogP contribution in [0.15, 0.2) is 12.1 Å². The molecule has 0 atom stereocenters. The molecule has 18 heavy (non-hydrogen) atoms. The van der Waals surface area contributed by atoms with Gasteiger partial charge in [0.1, 0.15) is 0 Å². The number of hydrogen-bond donors (Lipinski definition) is 3. The first-order valence-corrected chi connectivity index (χ1v) is 5.13. The second-order valence-electron chi connectivity index (χ2n) is 3.50. The van der Waals surface area contributed by atoms with Gasteiger partial charge in [-0.05, 0) is 12.1 Å². The van der Waals surface area contributed by atoms with Gasteiger partial charge >= 0.3 is 5.97 Å². The Balaban J connectivity index is 2.71. The van der Waals surface area contributed by atoms with Gasteiger partial charge in [0.15, 0.2) is 11.6 Å². The van der Waals surface area contributed by atoms with Gasteiger partial charge in [0.25, 0.3) is 0 Å². The van der Waals surface area contributed by atoms with E-state index in [9.17, 15) is 18.4 Å². The molecule has 0 saturated heterocycles. The number of benzene rings is 1. The van der Waals surface area contributed by atoms with Gasteiger partial charge in [0.2, 0.25) is 5.91 Å². The van der Waals surface area contributed by atoms with Crippen LogP contribution in [0.25, 0.3) is 0 Å². The van der Waals surface area contributed by atoms with E-state index in [0.29, 0.717) is 0 Å². The average molecular weight is 258 g/mol. The molecule has 0 unspecified atom stereocenters. The second-order valence-corrected chi connectivity index (χ2v) is 3.50. The number of hydrogen-bond acceptors (Lipinski definition) is 3. The van der Waals surface area contributed by atoms with Crippen LogP contribution in [0.1, 0.15) is 17.3 Å². The molecule has 3 N–H and O–H groups in total. The van der Waals surface area contributed by atoms with Gasteiger partial charge in [-0.3, -0.25) is 4.79 Å². The highest BCUT2D eigenvalue weighted by atomic mass is 19.2. The molecule has 0 heterocycles. The van der Waals surface area contributed by atoms with Crippen LogP contribution >= 0.6 is 0 Å². The molecular weight excluding hydrogens is 246 g/mol. The van der Waals surface area contributed by atoms with Crippen molar-refractivity contribution in [3.63, 3.8) is 0 Å². The highest BCUT2D eigenvalue weighted by Crippen LogP contribution is 2.20. The van der Waals surface area contributed by atoms with E-state index >= 15 is 0 Å². The van der Waals surface area contributed by atoms with Gasteiger partial charge in [-0.1, -0.05) is 0 Å². The van der Waals surface area contributed by atoms with Crippen molar-refractivity contribution in [2.75, 3.05) is 18.4 Å². The quantitative estimate of drug-likeness (QED) is 0.694. The molecule has 1 rings (SSSR count). The number of rotatable bonds is 5. The van der Waals surface area contributed by atoms with E-state index in [1.54, 1.807) is 0 Å². The SMILES string of the molecule is CC(=O)NCCNc1ccc(C(=O)O)c(F)c1F. The first kappa shape index (κ1) is 13.9. The van der Waals surface area contributed by atoms with E-state index in [1.807, 2.05) is 0 Å². The predicted molar refractivity (Wildman–Crippen MR) is 60.5 cm³/mol. The van der Waals surface area contributed by atoms with E-state index < -0.39 is 23.2 Å². The maximum Gasteiger partial charge on any atom is 0.338 e. The monoisotopic (exact) mass is 258 g/mol. The Labute approximate surface area is 102 Å². The number of nitrogens with one attached hydrogen (secondary N) is 2. The van der Waals surface area contributed by atoms with E-state index in [1.165, 1.54) is 6.92 Å². The molecule has 0 saturated carbocycles. The summed E-state index contributed by atoms with van der Waals surface area (Å²) >= 11 is 0. The molecule has 1 aromatic rings. The van der Waals surface area contributed by atoms with Gasteiger partial charge in [0, 0.05) is 20.0 Å². The molecule has 0 aromatic heterocycles. The van der Waals surface area contributed by atoms with E-state index in [4.69, 9.17) is 5.11 Å². The van der Waals surface area contributed by atoms with Crippen molar-refractivity contribution in [3.8, 4) is 0 Å². The van der Waals surface area contributed by atoms with Crippen molar-refractivity contribution in [1.29, 1.82) is 0 Å². The predicted octanol–water partition coefficient (Wildman–Crippen LogP) is 1.21. The van der Waals surface area contributed by atoms with Crippen LogP contribution in [0.2, 0.25) is 0 Å². The molecule has 0 aliphatic heterocycles. The Kier molecular flexibility index (Phi) is 4.59. The van der Waals surface area contributed by atoms with Crippen molar-refractivity contribution in [3.05, 3.63) is 29.3 Å². The zero-order chi connectivity index (χ0) is 13.7. The number of carbonyl (C=O) groups excluding carboxylic acids is 1. The molecular formula is C11H12F2N2O3. The van der Waals surface area contributed by atoms with Crippen LogP contribution in [0.5, 0.6) is 0 Å². The van der Waals surface area contributed by atoms with Gasteiger partial charge in [-0.15, -0.1) is 0 Å². The first-order valence-electron chi connectivity index (χ1n) is 5.13. The summed E-state index contributed by atoms with van der Waals surface area (Å²) in [6.45, 7) is 1.78. The largest absolute Gasteiger partial charge is 0.478 e. The lowest BCUT2D eigenvalue weighted by Gasteiger charge is -2.09. The fourth-order valence-corrected chi connectivity index (χ4v) is 1.29. The molecule has 0 fully saturated rings. The minimum atomic E-state index is -1.53. The number of amides is 1. The summed E-state index contributed by atoms with van der Waals surface area (Å²) < 4.78 is 26.7. The van der Waals surface area contributed by atoms with E-state index in [2.05, 4.69) is 10.6 Å². The number of halogens is 2. The molecule has 0 aliphatic rings. The summed E-state index contributed by atoms with van der Waals surface area (Å²) in [7, 11) is 0. The maximum absolute atomic E-state index is 13.4. The normalized spacial score (nSPS) is 9.94. The van der Waals surface area contributed by atoms with Crippen molar-refractivity contribution >= 4 is 17.6 Å². The van der Waals surface area contributed by atoms with Crippen LogP contribution in [0, 0.1) is 11.6 Å². The summed E-state index contributed by atoms with van der Waals surface area (Å²) in [5.74, 6) is -4.43. The van der Waals surface area contributed by atoms with E-state index in [-0.39, 0.29) is 24.7 Å². The Morgan fingerprint density at radius 2 is 1.89 bits per heavy atom. The molecule has 98 valence electrons. The molecule has 0 aliphatic carbocycles. The summed E-state index contributed by atoms with van der Waals surface area (Å²) in [6.07, 6.45) is 0. The van der Waals surface area contributed by atoms with Crippen molar-refractivity contribution in [1.82, 2.24) is 5.32 Å². The number of aromatic carboxylic acids is 1. The summed E-state index contributed by atoms with van der Waals surface area (Å²) in [4.78, 5) is 21.1. The third kappa shape index (κ3) is 3.41. The minimum absolute atomic E-state index is 0.150. The van der Waals surface area contributed by atoms with E-state index in [0.717, 1.165) is 12.1 Å². The summed E-state index contributed by atoms with van der Waals surface area (Å²) in [5.41, 5.74) is -0.872. The number of carboxylic acid groups (broad SMARTS) is 1. The van der Waals surface area contributed by atoms with Crippen molar-refractivity contribution in [2.45, 2.75) is 6.92 Å². The Bertz CT molecular complexity index is 478. The Morgan fingerprint density at radius 3 is 2.44 bits per heavy atom. The van der Waals surface area contributed by atoms with Gasteiger partial charge < -0.3 is 15.7 Å². The number of carboxylic acids is 1. The molecule has 1 aromatic carbocycles. The smallest absolute Gasteiger partial charge is 0.338 e. The maximum atomic E-state index is 13.4. The lowest BCUT2D eigenvalue weighted by Crippen LogP contribution is -2.26. The third-order valence-corrected chi connectivity index (χ3v) is 2.13. The molecule has 0 spiro atoms. The zero-order valence-corrected chi connectivity index (χ0v) is 9.59. The van der Waals surface area contributed by atoms with Crippen molar-refractivity contribution < 1.29 is 23.5 Å². The van der Waals surface area contributed by atoms with Gasteiger partial charge in [-0.25, -0.2) is 13.6 Å². The second kappa shape index (κ2) is 5.95. The van der Waals surface area contributed by atoms with Crippen LogP contribution < -0.4 is 10.6 Å². The van der Waals surface area contributed by atoms with Crippen LogP contribution in [0.3, 0.4) is 0 Å². The van der Waals surface area contributed by atoms with Crippen LogP contribution in [-0.4, -0.2) is 30.1 Å². The average Bonchev–Trinajstić information content (AvgIpc) is 2.29.